The van der Waals surface area contributed by atoms with Gasteiger partial charge < -0.3 is 0 Å². The number of benzene rings is 1. The maximum absolute atomic E-state index is 12.1. The molecule has 5 heteroatoms. The van der Waals surface area contributed by atoms with Crippen molar-refractivity contribution in [3.63, 3.8) is 0 Å². The lowest BCUT2D eigenvalue weighted by molar-refractivity contribution is -0.122. The fourth-order valence-corrected chi connectivity index (χ4v) is 2.83. The number of halogens is 1. The number of rotatable bonds is 5. The Bertz CT molecular complexity index is 595. The van der Waals surface area contributed by atoms with E-state index in [-0.39, 0.29) is 11.8 Å². The van der Waals surface area contributed by atoms with E-state index in [1.807, 2.05) is 43.3 Å². The van der Waals surface area contributed by atoms with Gasteiger partial charge in [0.1, 0.15) is 0 Å². The molecule has 1 atom stereocenters. The van der Waals surface area contributed by atoms with E-state index in [0.29, 0.717) is 4.34 Å². The van der Waals surface area contributed by atoms with Crippen LogP contribution in [0, 0.1) is 0 Å². The fraction of sp³-hybridized carbons (Fsp3) is 0.200. The highest BCUT2D eigenvalue weighted by atomic mass is 35.5. The first-order valence-corrected chi connectivity index (χ1v) is 7.53. The average molecular weight is 307 g/mol. The molecule has 0 aliphatic rings. The van der Waals surface area contributed by atoms with Gasteiger partial charge in [0.25, 0.3) is 0 Å². The second kappa shape index (κ2) is 7.22. The third-order valence-electron chi connectivity index (χ3n) is 2.89. The average Bonchev–Trinajstić information content (AvgIpc) is 2.86. The summed E-state index contributed by atoms with van der Waals surface area (Å²) in [6.07, 6.45) is 2.34. The van der Waals surface area contributed by atoms with E-state index in [4.69, 9.17) is 11.6 Å². The maximum atomic E-state index is 12.1. The molecule has 0 spiro atoms. The van der Waals surface area contributed by atoms with Gasteiger partial charge in [-0.1, -0.05) is 48.9 Å². The lowest BCUT2D eigenvalue weighted by Gasteiger charge is -2.12. The second-order valence-electron chi connectivity index (χ2n) is 4.25. The van der Waals surface area contributed by atoms with Crippen molar-refractivity contribution >= 4 is 35.1 Å². The number of hydrogen-bond acceptors (Lipinski definition) is 3. The third kappa shape index (κ3) is 3.92. The van der Waals surface area contributed by atoms with E-state index in [9.17, 15) is 4.79 Å². The summed E-state index contributed by atoms with van der Waals surface area (Å²) in [7, 11) is 0. The highest BCUT2D eigenvalue weighted by molar-refractivity contribution is 7.17. The van der Waals surface area contributed by atoms with Crippen LogP contribution in [0.4, 0.5) is 0 Å². The minimum Gasteiger partial charge on any atom is -0.272 e. The van der Waals surface area contributed by atoms with Crippen LogP contribution in [0.3, 0.4) is 0 Å². The molecule has 0 saturated heterocycles. The van der Waals surface area contributed by atoms with Gasteiger partial charge in [-0.25, -0.2) is 5.43 Å². The summed E-state index contributed by atoms with van der Waals surface area (Å²) in [5.41, 5.74) is 3.59. The largest absolute Gasteiger partial charge is 0.272 e. The molecule has 0 saturated carbocycles. The van der Waals surface area contributed by atoms with Crippen LogP contribution in [0.25, 0.3) is 0 Å². The predicted molar refractivity (Wildman–Crippen MR) is 84.5 cm³/mol. The van der Waals surface area contributed by atoms with Crippen molar-refractivity contribution < 1.29 is 4.79 Å². The lowest BCUT2D eigenvalue weighted by atomic mass is 9.96. The number of amides is 1. The van der Waals surface area contributed by atoms with Crippen LogP contribution in [0.2, 0.25) is 4.34 Å². The van der Waals surface area contributed by atoms with Crippen molar-refractivity contribution in [2.75, 3.05) is 0 Å². The van der Waals surface area contributed by atoms with Crippen molar-refractivity contribution in [1.29, 1.82) is 0 Å². The number of nitrogens with one attached hydrogen (secondary N) is 1. The molecule has 2 rings (SSSR count). The van der Waals surface area contributed by atoms with E-state index in [2.05, 4.69) is 10.5 Å². The van der Waals surface area contributed by atoms with Crippen molar-refractivity contribution in [2.45, 2.75) is 19.3 Å². The molecule has 1 heterocycles. The van der Waals surface area contributed by atoms with Gasteiger partial charge in [-0.05, 0) is 24.1 Å². The predicted octanol–water partition coefficient (Wildman–Crippen LogP) is 4.05. The van der Waals surface area contributed by atoms with Crippen molar-refractivity contribution in [3.05, 3.63) is 57.2 Å². The number of hydrogen-bond donors (Lipinski definition) is 1. The molecule has 0 fully saturated rings. The molecule has 1 aromatic heterocycles. The second-order valence-corrected chi connectivity index (χ2v) is 5.99. The van der Waals surface area contributed by atoms with Crippen LogP contribution in [0.5, 0.6) is 0 Å². The maximum Gasteiger partial charge on any atom is 0.247 e. The van der Waals surface area contributed by atoms with Gasteiger partial charge in [0, 0.05) is 4.88 Å². The lowest BCUT2D eigenvalue weighted by Crippen LogP contribution is -2.24. The summed E-state index contributed by atoms with van der Waals surface area (Å²) in [6, 6.07) is 13.4. The molecule has 0 aliphatic heterocycles. The summed E-state index contributed by atoms with van der Waals surface area (Å²) < 4.78 is 0.702. The number of carbonyl (C=O) groups excluding carboxylic acids is 1. The third-order valence-corrected chi connectivity index (χ3v) is 4.05. The molecular formula is C15H15ClN2OS. The molecule has 1 aromatic carbocycles. The smallest absolute Gasteiger partial charge is 0.247 e. The fourth-order valence-electron chi connectivity index (χ4n) is 1.89. The molecule has 2 aromatic rings. The van der Waals surface area contributed by atoms with E-state index in [0.717, 1.165) is 16.9 Å². The summed E-state index contributed by atoms with van der Waals surface area (Å²) >= 11 is 7.24. The Morgan fingerprint density at radius 3 is 2.70 bits per heavy atom. The molecule has 0 radical (unpaired) electrons. The van der Waals surface area contributed by atoms with Gasteiger partial charge in [-0.15, -0.1) is 11.3 Å². The summed E-state index contributed by atoms with van der Waals surface area (Å²) in [6.45, 7) is 1.99. The van der Waals surface area contributed by atoms with Crippen LogP contribution in [-0.2, 0) is 4.79 Å². The quantitative estimate of drug-likeness (QED) is 0.657. The van der Waals surface area contributed by atoms with Crippen molar-refractivity contribution in [3.8, 4) is 0 Å². The van der Waals surface area contributed by atoms with Crippen LogP contribution >= 0.6 is 22.9 Å². The van der Waals surface area contributed by atoms with Gasteiger partial charge in [0.15, 0.2) is 0 Å². The normalized spacial score (nSPS) is 12.5. The molecule has 1 N–H and O–H groups in total. The molecule has 1 amide bonds. The number of hydrazone groups is 1. The SMILES string of the molecule is CCC(C(=O)NN=Cc1ccc(Cl)s1)c1ccccc1. The number of carbonyl (C=O) groups is 1. The summed E-state index contributed by atoms with van der Waals surface area (Å²) in [5.74, 6) is -0.280. The zero-order valence-corrected chi connectivity index (χ0v) is 12.6. The molecular weight excluding hydrogens is 292 g/mol. The van der Waals surface area contributed by atoms with E-state index < -0.39 is 0 Å². The molecule has 1 unspecified atom stereocenters. The van der Waals surface area contributed by atoms with Gasteiger partial charge >= 0.3 is 0 Å². The first kappa shape index (κ1) is 14.8. The Morgan fingerprint density at radius 1 is 1.35 bits per heavy atom. The topological polar surface area (TPSA) is 41.5 Å². The van der Waals surface area contributed by atoms with E-state index >= 15 is 0 Å². The van der Waals surface area contributed by atoms with Gasteiger partial charge in [-0.3, -0.25) is 4.79 Å². The molecule has 20 heavy (non-hydrogen) atoms. The Labute approximate surface area is 127 Å². The van der Waals surface area contributed by atoms with Crippen LogP contribution in [0.15, 0.2) is 47.6 Å². The first-order valence-electron chi connectivity index (χ1n) is 6.34. The number of nitrogens with zero attached hydrogens (tertiary/aromatic N) is 1. The Kier molecular flexibility index (Phi) is 5.32. The van der Waals surface area contributed by atoms with E-state index in [1.165, 1.54) is 11.3 Å². The van der Waals surface area contributed by atoms with Crippen LogP contribution in [-0.4, -0.2) is 12.1 Å². The van der Waals surface area contributed by atoms with Crippen molar-refractivity contribution in [2.24, 2.45) is 5.10 Å². The standard InChI is InChI=1S/C15H15ClN2OS/c1-2-13(11-6-4-3-5-7-11)15(19)18-17-10-12-8-9-14(16)20-12/h3-10,13H,2H2,1H3,(H,18,19). The minimum absolute atomic E-state index is 0.0994. The molecule has 3 nitrogen and oxygen atoms in total. The van der Waals surface area contributed by atoms with E-state index in [1.54, 1.807) is 12.3 Å². The monoisotopic (exact) mass is 306 g/mol. The van der Waals surface area contributed by atoms with Gasteiger partial charge in [-0.2, -0.15) is 5.10 Å². The van der Waals surface area contributed by atoms with Crippen LogP contribution in [0.1, 0.15) is 29.7 Å². The Balaban J connectivity index is 1.98. The van der Waals surface area contributed by atoms with Gasteiger partial charge in [0.2, 0.25) is 5.91 Å². The number of thiophene rings is 1. The van der Waals surface area contributed by atoms with Crippen molar-refractivity contribution in [1.82, 2.24) is 5.43 Å². The van der Waals surface area contributed by atoms with Crippen LogP contribution < -0.4 is 5.43 Å². The molecule has 0 aliphatic carbocycles. The summed E-state index contributed by atoms with van der Waals surface area (Å²) in [5, 5.41) is 3.98. The highest BCUT2D eigenvalue weighted by Crippen LogP contribution is 2.20. The highest BCUT2D eigenvalue weighted by Gasteiger charge is 2.17. The summed E-state index contributed by atoms with van der Waals surface area (Å²) in [4.78, 5) is 13.0. The Morgan fingerprint density at radius 2 is 2.10 bits per heavy atom. The molecule has 0 bridgehead atoms. The first-order chi connectivity index (χ1) is 9.70. The van der Waals surface area contributed by atoms with Gasteiger partial charge in [0.05, 0.1) is 16.5 Å². The molecule has 104 valence electrons. The zero-order chi connectivity index (χ0) is 14.4. The Hall–Kier alpha value is -1.65. The minimum atomic E-state index is -0.180. The zero-order valence-electron chi connectivity index (χ0n) is 11.0.